The van der Waals surface area contributed by atoms with E-state index >= 15 is 0 Å². The Morgan fingerprint density at radius 1 is 0.643 bits per heavy atom. The van der Waals surface area contributed by atoms with E-state index in [-0.39, 0.29) is 0 Å². The molecule has 1 atom stereocenters. The van der Waals surface area contributed by atoms with Gasteiger partial charge in [-0.2, -0.15) is 65.9 Å². The van der Waals surface area contributed by atoms with Crippen molar-refractivity contribution < 1.29 is 80.1 Å². The second kappa shape index (κ2) is 5.47. The van der Waals surface area contributed by atoms with E-state index < -0.39 is 58.6 Å². The zero-order chi connectivity index (χ0) is 23.2. The van der Waals surface area contributed by atoms with Gasteiger partial charge in [-0.15, -0.1) is 4.90 Å². The van der Waals surface area contributed by atoms with Crippen molar-refractivity contribution in [2.75, 3.05) is 0 Å². The van der Waals surface area contributed by atoms with Gasteiger partial charge in [0.05, 0.1) is 0 Å². The summed E-state index contributed by atoms with van der Waals surface area (Å²) >= 11 is 0. The fraction of sp³-hybridized carbons (Fsp3) is 0.889. The minimum atomic E-state index is -8.17. The molecule has 1 rings (SSSR count). The Bertz CT molecular complexity index is 638. The Balaban J connectivity index is 4.04. The van der Waals surface area contributed by atoms with Crippen LogP contribution in [0.15, 0.2) is 0 Å². The summed E-state index contributed by atoms with van der Waals surface area (Å²) in [5.74, 6) is -28.4. The molecule has 0 aromatic rings. The first-order valence-corrected chi connectivity index (χ1v) is 5.87. The molecule has 0 bridgehead atoms. The summed E-state index contributed by atoms with van der Waals surface area (Å²) in [7, 11) is 0. The lowest BCUT2D eigenvalue weighted by atomic mass is 9.90. The van der Waals surface area contributed by atoms with E-state index in [9.17, 15) is 75.0 Å². The van der Waals surface area contributed by atoms with Gasteiger partial charge in [0.2, 0.25) is 0 Å². The highest BCUT2D eigenvalue weighted by Gasteiger charge is 3.00. The Morgan fingerprint density at radius 2 is 0.929 bits per heavy atom. The molecule has 1 heterocycles. The SMILES string of the molecule is O=C(O)[C@](F)(C(F)(F)F)C(F)(F)N1C(F)(F)C(F)(F)C(F)(F)C(F)(F)C1(F)F. The lowest BCUT2D eigenvalue weighted by Gasteiger charge is -2.54. The molecule has 19 heteroatoms. The molecule has 0 unspecified atom stereocenters. The first kappa shape index (κ1) is 24.3. The number of hydrogen-bond donors (Lipinski definition) is 1. The van der Waals surface area contributed by atoms with Crippen LogP contribution in [0.25, 0.3) is 0 Å². The van der Waals surface area contributed by atoms with Gasteiger partial charge < -0.3 is 5.11 Å². The standard InChI is InChI=1S/C9HF16NO2/c10-2(1(27)28,6(17,18)19)7(20,21)26-8(22,23)4(13,14)3(11,12)5(15,16)9(26,24)25/h(H,27,28)/t2-/m0/s1. The van der Waals surface area contributed by atoms with Gasteiger partial charge in [0.1, 0.15) is 0 Å². The number of nitrogens with zero attached hydrogens (tertiary/aromatic N) is 1. The van der Waals surface area contributed by atoms with Crippen molar-refractivity contribution in [1.82, 2.24) is 4.90 Å². The predicted molar refractivity (Wildman–Crippen MR) is 49.1 cm³/mol. The van der Waals surface area contributed by atoms with E-state index in [4.69, 9.17) is 5.11 Å². The zero-order valence-corrected chi connectivity index (χ0v) is 11.9. The fourth-order valence-corrected chi connectivity index (χ4v) is 1.96. The third-order valence-corrected chi connectivity index (χ3v) is 3.49. The van der Waals surface area contributed by atoms with Crippen LogP contribution in [0, 0.1) is 0 Å². The van der Waals surface area contributed by atoms with Crippen LogP contribution in [0.1, 0.15) is 0 Å². The summed E-state index contributed by atoms with van der Waals surface area (Å²) in [6, 6.07) is -24.2. The zero-order valence-electron chi connectivity index (χ0n) is 11.9. The second-order valence-electron chi connectivity index (χ2n) is 5.14. The molecule has 0 aliphatic carbocycles. The van der Waals surface area contributed by atoms with E-state index in [2.05, 4.69) is 0 Å². The quantitative estimate of drug-likeness (QED) is 0.505. The van der Waals surface area contributed by atoms with Crippen molar-refractivity contribution in [3.8, 4) is 0 Å². The van der Waals surface area contributed by atoms with Crippen LogP contribution in [0.3, 0.4) is 0 Å². The maximum atomic E-state index is 13.6. The van der Waals surface area contributed by atoms with Crippen LogP contribution in [0.2, 0.25) is 0 Å². The molecule has 1 aliphatic heterocycles. The van der Waals surface area contributed by atoms with Gasteiger partial charge in [0.25, 0.3) is 0 Å². The highest BCUT2D eigenvalue weighted by atomic mass is 19.4. The van der Waals surface area contributed by atoms with Gasteiger partial charge in [-0.3, -0.25) is 0 Å². The largest absolute Gasteiger partial charge is 0.478 e. The second-order valence-corrected chi connectivity index (χ2v) is 5.14. The van der Waals surface area contributed by atoms with Crippen molar-refractivity contribution >= 4 is 5.97 Å². The molecule has 0 saturated carbocycles. The van der Waals surface area contributed by atoms with Crippen molar-refractivity contribution in [2.45, 2.75) is 47.8 Å². The maximum absolute atomic E-state index is 13.6. The molecular formula is C9HF16NO2. The molecule has 1 N–H and O–H groups in total. The molecule has 1 saturated heterocycles. The molecule has 166 valence electrons. The van der Waals surface area contributed by atoms with E-state index in [1.165, 1.54) is 0 Å². The highest BCUT2D eigenvalue weighted by molar-refractivity contribution is 5.80. The van der Waals surface area contributed by atoms with Gasteiger partial charge in [-0.05, 0) is 0 Å². The Labute approximate surface area is 140 Å². The molecule has 0 aromatic carbocycles. The van der Waals surface area contributed by atoms with Gasteiger partial charge in [0, 0.05) is 0 Å². The van der Waals surface area contributed by atoms with Crippen LogP contribution >= 0.6 is 0 Å². The van der Waals surface area contributed by atoms with Gasteiger partial charge in [-0.25, -0.2) is 9.18 Å². The van der Waals surface area contributed by atoms with Crippen LogP contribution in [-0.2, 0) is 4.79 Å². The van der Waals surface area contributed by atoms with Crippen molar-refractivity contribution in [1.29, 1.82) is 0 Å². The van der Waals surface area contributed by atoms with Crippen LogP contribution in [0.4, 0.5) is 70.2 Å². The number of carboxylic acids is 1. The van der Waals surface area contributed by atoms with Gasteiger partial charge in [-0.1, -0.05) is 0 Å². The summed E-state index contributed by atoms with van der Waals surface area (Å²) in [4.78, 5) is 5.71. The monoisotopic (exact) mass is 459 g/mol. The van der Waals surface area contributed by atoms with Crippen molar-refractivity contribution in [3.05, 3.63) is 0 Å². The molecule has 0 spiro atoms. The summed E-state index contributed by atoms with van der Waals surface area (Å²) in [6.45, 7) is 0. The number of halogens is 16. The third-order valence-electron chi connectivity index (χ3n) is 3.49. The number of rotatable bonds is 3. The number of aliphatic carboxylic acids is 1. The van der Waals surface area contributed by atoms with Crippen molar-refractivity contribution in [3.63, 3.8) is 0 Å². The van der Waals surface area contributed by atoms with E-state index in [1.54, 1.807) is 0 Å². The first-order valence-electron chi connectivity index (χ1n) is 5.87. The predicted octanol–water partition coefficient (Wildman–Crippen LogP) is 4.34. The molecule has 1 fully saturated rings. The first-order chi connectivity index (χ1) is 11.8. The van der Waals surface area contributed by atoms with Crippen molar-refractivity contribution in [2.24, 2.45) is 0 Å². The molecule has 0 radical (unpaired) electrons. The lowest BCUT2D eigenvalue weighted by molar-refractivity contribution is -0.545. The normalized spacial score (nSPS) is 28.4. The van der Waals surface area contributed by atoms with Crippen LogP contribution in [0.5, 0.6) is 0 Å². The summed E-state index contributed by atoms with van der Waals surface area (Å²) in [6.07, 6.45) is -7.67. The minimum absolute atomic E-state index is 4.51. The molecule has 0 amide bonds. The average Bonchev–Trinajstić information content (AvgIpc) is 2.41. The van der Waals surface area contributed by atoms with Crippen LogP contribution in [-0.4, -0.2) is 63.7 Å². The smallest absolute Gasteiger partial charge is 0.441 e. The van der Waals surface area contributed by atoms with E-state index in [1.807, 2.05) is 0 Å². The molecule has 0 aromatic heterocycles. The molecule has 1 aliphatic rings. The third kappa shape index (κ3) is 2.27. The Kier molecular flexibility index (Phi) is 4.75. The number of likely N-dealkylation sites (tertiary alicyclic amines) is 1. The Morgan fingerprint density at radius 3 is 1.14 bits per heavy atom. The van der Waals surface area contributed by atoms with Gasteiger partial charge >= 0.3 is 53.7 Å². The summed E-state index contributed by atoms with van der Waals surface area (Å²) in [5, 5.41) is 7.92. The number of carboxylic acid groups (broad SMARTS) is 1. The minimum Gasteiger partial charge on any atom is -0.478 e. The van der Waals surface area contributed by atoms with Crippen LogP contribution < -0.4 is 0 Å². The molecular weight excluding hydrogens is 458 g/mol. The fourth-order valence-electron chi connectivity index (χ4n) is 1.96. The number of hydrogen-bond acceptors (Lipinski definition) is 2. The summed E-state index contributed by atoms with van der Waals surface area (Å²) < 4.78 is 209. The maximum Gasteiger partial charge on any atom is 0.441 e. The van der Waals surface area contributed by atoms with Gasteiger partial charge in [0.15, 0.2) is 0 Å². The topological polar surface area (TPSA) is 40.5 Å². The average molecular weight is 459 g/mol. The molecule has 28 heavy (non-hydrogen) atoms. The molecule has 3 nitrogen and oxygen atoms in total. The lowest BCUT2D eigenvalue weighted by Crippen LogP contribution is -2.87. The van der Waals surface area contributed by atoms with E-state index in [0.717, 1.165) is 0 Å². The number of carbonyl (C=O) groups is 1. The number of alkyl halides is 16. The van der Waals surface area contributed by atoms with E-state index in [0.29, 0.717) is 0 Å². The highest BCUT2D eigenvalue weighted by Crippen LogP contribution is 2.68. The summed E-state index contributed by atoms with van der Waals surface area (Å²) in [5.41, 5.74) is -7.65. The Hall–Kier alpha value is -1.69. The number of piperidine rings is 1.